The maximum absolute atomic E-state index is 13.6. The molecule has 1 spiro atoms. The Morgan fingerprint density at radius 3 is 2.25 bits per heavy atom. The standard InChI is InChI=1S/C32H41N3O4S/c1-40(38,39)28-11-9-25(10-12-28)20-34-18-15-32(31(34)37)13-16-33(17-14-32)21-27-22-35(30(36)19-24-7-8-24)23-29(27)26-5-3-2-4-6-26/h2-6,9-12,24,27,29H,7-8,13-23H2,1H3/t27-,29+/m0/s1. The summed E-state index contributed by atoms with van der Waals surface area (Å²) in [6, 6.07) is 17.6. The highest BCUT2D eigenvalue weighted by molar-refractivity contribution is 7.90. The molecular weight excluding hydrogens is 522 g/mol. The van der Waals surface area contributed by atoms with E-state index in [1.807, 2.05) is 17.0 Å². The van der Waals surface area contributed by atoms with Crippen molar-refractivity contribution in [1.29, 1.82) is 0 Å². The van der Waals surface area contributed by atoms with E-state index in [-0.39, 0.29) is 11.3 Å². The van der Waals surface area contributed by atoms with Crippen molar-refractivity contribution >= 4 is 21.7 Å². The first-order valence-corrected chi connectivity index (χ1v) is 16.7. The largest absolute Gasteiger partial charge is 0.342 e. The summed E-state index contributed by atoms with van der Waals surface area (Å²) >= 11 is 0. The summed E-state index contributed by atoms with van der Waals surface area (Å²) in [4.78, 5) is 33.5. The SMILES string of the molecule is CS(=O)(=O)c1ccc(CN2CCC3(CCN(C[C@H]4CN(C(=O)CC5CC5)C[C@@H]4c4ccccc4)CC3)C2=O)cc1. The number of nitrogens with zero attached hydrogens (tertiary/aromatic N) is 3. The van der Waals surface area contributed by atoms with Crippen LogP contribution >= 0.6 is 0 Å². The molecule has 4 aliphatic rings. The van der Waals surface area contributed by atoms with E-state index in [2.05, 4.69) is 40.1 Å². The Hall–Kier alpha value is -2.71. The minimum Gasteiger partial charge on any atom is -0.342 e. The van der Waals surface area contributed by atoms with Crippen molar-refractivity contribution in [3.8, 4) is 0 Å². The fourth-order valence-electron chi connectivity index (χ4n) is 7.10. The first kappa shape index (κ1) is 27.5. The van der Waals surface area contributed by atoms with Gasteiger partial charge in [0.1, 0.15) is 0 Å². The van der Waals surface area contributed by atoms with Crippen molar-refractivity contribution in [3.63, 3.8) is 0 Å². The maximum Gasteiger partial charge on any atom is 0.229 e. The van der Waals surface area contributed by atoms with Gasteiger partial charge in [-0.15, -0.1) is 0 Å². The lowest BCUT2D eigenvalue weighted by Crippen LogP contribution is -2.46. The fourth-order valence-corrected chi connectivity index (χ4v) is 7.73. The minimum absolute atomic E-state index is 0.249. The minimum atomic E-state index is -3.23. The van der Waals surface area contributed by atoms with Crippen LogP contribution in [0.4, 0.5) is 0 Å². The van der Waals surface area contributed by atoms with Gasteiger partial charge in [0, 0.05) is 51.3 Å². The number of hydrogen-bond donors (Lipinski definition) is 0. The highest BCUT2D eigenvalue weighted by Crippen LogP contribution is 2.43. The van der Waals surface area contributed by atoms with E-state index < -0.39 is 9.84 Å². The summed E-state index contributed by atoms with van der Waals surface area (Å²) in [6.07, 6.45) is 6.96. The maximum atomic E-state index is 13.6. The average molecular weight is 564 g/mol. The average Bonchev–Trinajstić information content (AvgIpc) is 3.59. The van der Waals surface area contributed by atoms with Gasteiger partial charge < -0.3 is 14.7 Å². The lowest BCUT2D eigenvalue weighted by atomic mass is 9.76. The van der Waals surface area contributed by atoms with Crippen LogP contribution in [0.1, 0.15) is 55.6 Å². The van der Waals surface area contributed by atoms with Crippen LogP contribution < -0.4 is 0 Å². The van der Waals surface area contributed by atoms with Crippen LogP contribution in [0.2, 0.25) is 0 Å². The molecule has 0 bridgehead atoms. The first-order valence-electron chi connectivity index (χ1n) is 14.8. The van der Waals surface area contributed by atoms with Crippen molar-refractivity contribution < 1.29 is 18.0 Å². The molecule has 2 atom stereocenters. The van der Waals surface area contributed by atoms with Crippen LogP contribution in [0, 0.1) is 17.3 Å². The number of likely N-dealkylation sites (tertiary alicyclic amines) is 3. The topological polar surface area (TPSA) is 78.0 Å². The number of sulfone groups is 1. The van der Waals surface area contributed by atoms with Crippen molar-refractivity contribution in [2.75, 3.05) is 45.5 Å². The zero-order valence-electron chi connectivity index (χ0n) is 23.5. The van der Waals surface area contributed by atoms with Gasteiger partial charge in [0.2, 0.25) is 11.8 Å². The summed E-state index contributed by atoms with van der Waals surface area (Å²) in [6.45, 7) is 5.72. The number of piperidine rings is 1. The van der Waals surface area contributed by atoms with Gasteiger partial charge >= 0.3 is 0 Å². The smallest absolute Gasteiger partial charge is 0.229 e. The molecule has 0 unspecified atom stereocenters. The summed E-state index contributed by atoms with van der Waals surface area (Å²) in [5.74, 6) is 1.95. The second-order valence-electron chi connectivity index (χ2n) is 12.7. The predicted molar refractivity (Wildman–Crippen MR) is 154 cm³/mol. The molecule has 2 aromatic rings. The van der Waals surface area contributed by atoms with Gasteiger partial charge in [0.15, 0.2) is 9.84 Å². The number of rotatable bonds is 8. The Bertz CT molecular complexity index is 1330. The van der Waals surface area contributed by atoms with Crippen LogP contribution in [0.25, 0.3) is 0 Å². The lowest BCUT2D eigenvalue weighted by Gasteiger charge is -2.39. The number of benzene rings is 2. The van der Waals surface area contributed by atoms with Crippen LogP contribution in [-0.2, 0) is 26.0 Å². The third-order valence-electron chi connectivity index (χ3n) is 9.81. The molecule has 0 radical (unpaired) electrons. The highest BCUT2D eigenvalue weighted by atomic mass is 32.2. The number of amides is 2. The van der Waals surface area contributed by atoms with E-state index in [4.69, 9.17) is 0 Å². The molecule has 3 aliphatic heterocycles. The molecule has 0 N–H and O–H groups in total. The summed E-state index contributed by atoms with van der Waals surface area (Å²) in [7, 11) is -3.23. The second-order valence-corrected chi connectivity index (χ2v) is 14.7. The number of carbonyl (C=O) groups excluding carboxylic acids is 2. The Balaban J connectivity index is 1.06. The van der Waals surface area contributed by atoms with Gasteiger partial charge in [-0.05, 0) is 80.3 Å². The highest BCUT2D eigenvalue weighted by Gasteiger charge is 2.48. The van der Waals surface area contributed by atoms with E-state index in [0.29, 0.717) is 41.5 Å². The number of hydrogen-bond acceptors (Lipinski definition) is 5. The fraction of sp³-hybridized carbons (Fsp3) is 0.562. The van der Waals surface area contributed by atoms with Crippen LogP contribution in [0.5, 0.6) is 0 Å². The van der Waals surface area contributed by atoms with Gasteiger partial charge in [-0.25, -0.2) is 8.42 Å². The molecule has 4 fully saturated rings. The molecule has 1 saturated carbocycles. The summed E-state index contributed by atoms with van der Waals surface area (Å²) < 4.78 is 23.5. The van der Waals surface area contributed by atoms with Crippen molar-refractivity contribution in [2.24, 2.45) is 17.3 Å². The third-order valence-corrected chi connectivity index (χ3v) is 10.9. The third kappa shape index (κ3) is 5.84. The summed E-state index contributed by atoms with van der Waals surface area (Å²) in [5.41, 5.74) is 2.02. The van der Waals surface area contributed by atoms with E-state index in [9.17, 15) is 18.0 Å². The number of carbonyl (C=O) groups is 2. The zero-order valence-corrected chi connectivity index (χ0v) is 24.3. The van der Waals surface area contributed by atoms with Crippen molar-refractivity contribution in [3.05, 3.63) is 65.7 Å². The van der Waals surface area contributed by atoms with Crippen molar-refractivity contribution in [2.45, 2.75) is 55.9 Å². The normalized spacial score (nSPS) is 25.2. The molecule has 3 saturated heterocycles. The quantitative estimate of drug-likeness (QED) is 0.486. The van der Waals surface area contributed by atoms with E-state index in [0.717, 1.165) is 64.1 Å². The molecule has 6 rings (SSSR count). The van der Waals surface area contributed by atoms with E-state index in [1.54, 1.807) is 12.1 Å². The van der Waals surface area contributed by atoms with Gasteiger partial charge in [-0.3, -0.25) is 9.59 Å². The van der Waals surface area contributed by atoms with Crippen molar-refractivity contribution in [1.82, 2.24) is 14.7 Å². The summed E-state index contributed by atoms with van der Waals surface area (Å²) in [5, 5.41) is 0. The van der Waals surface area contributed by atoms with Gasteiger partial charge in [-0.2, -0.15) is 0 Å². The molecule has 0 aromatic heterocycles. The molecule has 40 heavy (non-hydrogen) atoms. The second kappa shape index (κ2) is 10.9. The molecule has 214 valence electrons. The Kier molecular flexibility index (Phi) is 7.51. The van der Waals surface area contributed by atoms with E-state index >= 15 is 0 Å². The molecule has 2 amide bonds. The predicted octanol–water partition coefficient (Wildman–Crippen LogP) is 3.95. The van der Waals surface area contributed by atoms with E-state index in [1.165, 1.54) is 24.7 Å². The lowest BCUT2D eigenvalue weighted by molar-refractivity contribution is -0.139. The molecule has 7 nitrogen and oxygen atoms in total. The molecule has 3 heterocycles. The Labute approximate surface area is 238 Å². The molecule has 8 heteroatoms. The van der Waals surface area contributed by atoms with Crippen LogP contribution in [0.15, 0.2) is 59.5 Å². The molecule has 1 aliphatic carbocycles. The zero-order chi connectivity index (χ0) is 27.9. The Morgan fingerprint density at radius 2 is 1.60 bits per heavy atom. The van der Waals surface area contributed by atoms with Gasteiger partial charge in [0.05, 0.1) is 10.3 Å². The Morgan fingerprint density at radius 1 is 0.925 bits per heavy atom. The van der Waals surface area contributed by atoms with Gasteiger partial charge in [0.25, 0.3) is 0 Å². The van der Waals surface area contributed by atoms with Crippen LogP contribution in [-0.4, -0.2) is 80.5 Å². The molecule has 2 aromatic carbocycles. The monoisotopic (exact) mass is 563 g/mol. The van der Waals surface area contributed by atoms with Crippen LogP contribution in [0.3, 0.4) is 0 Å². The molecular formula is C32H41N3O4S. The van der Waals surface area contributed by atoms with Gasteiger partial charge in [-0.1, -0.05) is 42.5 Å². The first-order chi connectivity index (χ1) is 19.2.